The van der Waals surface area contributed by atoms with Crippen molar-refractivity contribution in [3.8, 4) is 0 Å². The Hall–Kier alpha value is -3.48. The van der Waals surface area contributed by atoms with Crippen LogP contribution in [0.25, 0.3) is 10.9 Å². The molecule has 1 aliphatic rings. The largest absolute Gasteiger partial charge is 0.444 e. The van der Waals surface area contributed by atoms with E-state index in [-0.39, 0.29) is 17.3 Å². The molecule has 13 heteroatoms. The van der Waals surface area contributed by atoms with E-state index >= 15 is 0 Å². The van der Waals surface area contributed by atoms with Crippen LogP contribution >= 0.6 is 0 Å². The van der Waals surface area contributed by atoms with Crippen molar-refractivity contribution < 1.29 is 32.3 Å². The quantitative estimate of drug-likeness (QED) is 0.430. The first-order valence-electron chi connectivity index (χ1n) is 11.9. The van der Waals surface area contributed by atoms with Crippen LogP contribution in [0, 0.1) is 0 Å². The van der Waals surface area contributed by atoms with E-state index in [4.69, 9.17) is 4.74 Å². The van der Waals surface area contributed by atoms with E-state index in [9.17, 15) is 27.6 Å². The molecule has 1 aromatic carbocycles. The van der Waals surface area contributed by atoms with E-state index in [1.54, 1.807) is 32.9 Å². The van der Waals surface area contributed by atoms with Gasteiger partial charge in [-0.25, -0.2) is 4.79 Å². The number of amides is 3. The topological polar surface area (TPSA) is 117 Å². The minimum atomic E-state index is -4.58. The fourth-order valence-electron chi connectivity index (χ4n) is 4.02. The van der Waals surface area contributed by atoms with Gasteiger partial charge in [-0.1, -0.05) is 6.07 Å². The van der Waals surface area contributed by atoms with Gasteiger partial charge in [0.25, 0.3) is 11.8 Å². The lowest BCUT2D eigenvalue weighted by Gasteiger charge is -2.30. The maximum atomic E-state index is 13.4. The van der Waals surface area contributed by atoms with Gasteiger partial charge < -0.3 is 24.8 Å². The van der Waals surface area contributed by atoms with Crippen molar-refractivity contribution in [1.29, 1.82) is 0 Å². The normalized spacial score (nSPS) is 15.3. The molecule has 3 amide bonds. The minimum absolute atomic E-state index is 0.154. The molecule has 204 valence electrons. The number of rotatable bonds is 6. The molecule has 3 rings (SSSR count). The number of hydrogen-bond acceptors (Lipinski definition) is 6. The summed E-state index contributed by atoms with van der Waals surface area (Å²) in [6, 6.07) is 6.45. The smallest absolute Gasteiger partial charge is 0.408 e. The van der Waals surface area contributed by atoms with Crippen LogP contribution < -0.4 is 21.5 Å². The summed E-state index contributed by atoms with van der Waals surface area (Å²) >= 11 is 0. The molecule has 0 atom stereocenters. The van der Waals surface area contributed by atoms with Crippen LogP contribution in [0.3, 0.4) is 0 Å². The monoisotopic (exact) mass is 526 g/mol. The van der Waals surface area contributed by atoms with Crippen molar-refractivity contribution in [3.63, 3.8) is 0 Å². The van der Waals surface area contributed by atoms with Crippen molar-refractivity contribution in [1.82, 2.24) is 25.6 Å². The molecule has 0 unspecified atom stereocenters. The zero-order chi connectivity index (χ0) is 27.4. The highest BCUT2D eigenvalue weighted by atomic mass is 19.4. The van der Waals surface area contributed by atoms with Crippen LogP contribution in [0.1, 0.15) is 44.1 Å². The van der Waals surface area contributed by atoms with Crippen LogP contribution in [0.4, 0.5) is 23.7 Å². The van der Waals surface area contributed by atoms with Crippen molar-refractivity contribution in [3.05, 3.63) is 30.0 Å². The fraction of sp³-hybridized carbons (Fsp3) is 0.542. The van der Waals surface area contributed by atoms with Gasteiger partial charge in [0.15, 0.2) is 0 Å². The summed E-state index contributed by atoms with van der Waals surface area (Å²) in [6.07, 6.45) is -3.65. The minimum Gasteiger partial charge on any atom is -0.444 e. The summed E-state index contributed by atoms with van der Waals surface area (Å²) in [6.45, 7) is 4.87. The molecule has 2 aromatic rings. The standard InChI is InChI=1S/C24H33F3N6O4/c1-23(2,3)37-22(36)28-13-20(34)30-31-21(35)19-12-16-17(29-15-8-10-32(4)11-9-15)6-5-7-18(16)33(19)14-24(25,26)27/h5-7,12,15,29H,8-11,13-14H2,1-4H3,(H,28,36)(H,30,34)(H,31,35). The second kappa shape index (κ2) is 11.3. The average molecular weight is 527 g/mol. The number of aromatic nitrogens is 1. The van der Waals surface area contributed by atoms with Gasteiger partial charge in [0.1, 0.15) is 24.4 Å². The highest BCUT2D eigenvalue weighted by Crippen LogP contribution is 2.31. The van der Waals surface area contributed by atoms with E-state index in [0.717, 1.165) is 30.5 Å². The third-order valence-corrected chi connectivity index (χ3v) is 5.70. The Morgan fingerprint density at radius 3 is 2.38 bits per heavy atom. The highest BCUT2D eigenvalue weighted by Gasteiger charge is 2.31. The maximum absolute atomic E-state index is 13.4. The van der Waals surface area contributed by atoms with Gasteiger partial charge in [0, 0.05) is 17.1 Å². The Morgan fingerprint density at radius 1 is 1.08 bits per heavy atom. The van der Waals surface area contributed by atoms with Gasteiger partial charge in [-0.3, -0.25) is 20.4 Å². The number of piperidine rings is 1. The Balaban J connectivity index is 1.75. The first kappa shape index (κ1) is 28.1. The number of ether oxygens (including phenoxy) is 1. The number of hydrazine groups is 1. The molecule has 2 heterocycles. The first-order chi connectivity index (χ1) is 17.2. The Labute approximate surface area is 212 Å². The van der Waals surface area contributed by atoms with Gasteiger partial charge in [-0.2, -0.15) is 13.2 Å². The zero-order valence-electron chi connectivity index (χ0n) is 21.3. The number of nitrogens with zero attached hydrogens (tertiary/aromatic N) is 2. The Kier molecular flexibility index (Phi) is 8.57. The molecule has 10 nitrogen and oxygen atoms in total. The van der Waals surface area contributed by atoms with Crippen LogP contribution in [0.5, 0.6) is 0 Å². The van der Waals surface area contributed by atoms with E-state index < -0.39 is 42.8 Å². The van der Waals surface area contributed by atoms with Crippen LogP contribution in [-0.4, -0.2) is 71.9 Å². The number of likely N-dealkylation sites (tertiary alicyclic amines) is 1. The molecule has 0 aliphatic carbocycles. The average Bonchev–Trinajstić information content (AvgIpc) is 3.14. The number of nitrogens with one attached hydrogen (secondary N) is 4. The number of anilines is 1. The molecule has 1 fully saturated rings. The molecule has 1 saturated heterocycles. The molecule has 4 N–H and O–H groups in total. The number of hydrogen-bond donors (Lipinski definition) is 4. The lowest BCUT2D eigenvalue weighted by Crippen LogP contribution is -2.47. The second-order valence-corrected chi connectivity index (χ2v) is 10.0. The lowest BCUT2D eigenvalue weighted by molar-refractivity contribution is -0.140. The van der Waals surface area contributed by atoms with Crippen LogP contribution in [0.15, 0.2) is 24.3 Å². The number of alkyl halides is 3. The van der Waals surface area contributed by atoms with E-state index in [0.29, 0.717) is 11.1 Å². The summed E-state index contributed by atoms with van der Waals surface area (Å²) in [5, 5.41) is 6.10. The first-order valence-corrected chi connectivity index (χ1v) is 11.9. The number of benzene rings is 1. The van der Waals surface area contributed by atoms with Gasteiger partial charge in [0.05, 0.1) is 5.52 Å². The lowest BCUT2D eigenvalue weighted by atomic mass is 10.0. The number of alkyl carbamates (subject to hydrolysis) is 1. The van der Waals surface area contributed by atoms with Crippen molar-refractivity contribution in [2.75, 3.05) is 32.0 Å². The Bertz CT molecular complexity index is 1130. The number of carbonyl (C=O) groups excluding carboxylic acids is 3. The molecule has 1 aliphatic heterocycles. The zero-order valence-corrected chi connectivity index (χ0v) is 21.3. The third-order valence-electron chi connectivity index (χ3n) is 5.70. The predicted molar refractivity (Wildman–Crippen MR) is 132 cm³/mol. The van der Waals surface area contributed by atoms with Gasteiger partial charge in [0.2, 0.25) is 0 Å². The fourth-order valence-corrected chi connectivity index (χ4v) is 4.02. The molecule has 0 saturated carbocycles. The predicted octanol–water partition coefficient (Wildman–Crippen LogP) is 3.00. The third kappa shape index (κ3) is 8.27. The number of halogens is 3. The molecular weight excluding hydrogens is 493 g/mol. The summed E-state index contributed by atoms with van der Waals surface area (Å²) in [7, 11) is 2.03. The molecule has 0 radical (unpaired) electrons. The second-order valence-electron chi connectivity index (χ2n) is 10.0. The number of carbonyl (C=O) groups is 3. The van der Waals surface area contributed by atoms with E-state index in [1.807, 2.05) is 7.05 Å². The number of fused-ring (bicyclic) bond motifs is 1. The molecule has 0 bridgehead atoms. The van der Waals surface area contributed by atoms with Crippen LogP contribution in [0.2, 0.25) is 0 Å². The summed E-state index contributed by atoms with van der Waals surface area (Å²) in [5.74, 6) is -1.72. The molecule has 37 heavy (non-hydrogen) atoms. The molecule has 1 aromatic heterocycles. The SMILES string of the molecule is CN1CCC(Nc2cccc3c2cc(C(=O)NNC(=O)CNC(=O)OC(C)(C)C)n3CC(F)(F)F)CC1. The summed E-state index contributed by atoms with van der Waals surface area (Å²) in [5.41, 5.74) is 4.04. The Morgan fingerprint density at radius 2 is 1.76 bits per heavy atom. The molecular formula is C24H33F3N6O4. The maximum Gasteiger partial charge on any atom is 0.408 e. The van der Waals surface area contributed by atoms with Gasteiger partial charge in [-0.15, -0.1) is 0 Å². The summed E-state index contributed by atoms with van der Waals surface area (Å²) < 4.78 is 46.1. The van der Waals surface area contributed by atoms with Crippen molar-refractivity contribution in [2.45, 2.75) is 58.0 Å². The van der Waals surface area contributed by atoms with Gasteiger partial charge >= 0.3 is 12.3 Å². The van der Waals surface area contributed by atoms with E-state index in [2.05, 4.69) is 26.4 Å². The van der Waals surface area contributed by atoms with Crippen molar-refractivity contribution >= 4 is 34.5 Å². The van der Waals surface area contributed by atoms with Gasteiger partial charge in [-0.05, 0) is 71.9 Å². The van der Waals surface area contributed by atoms with Crippen LogP contribution in [-0.2, 0) is 16.1 Å². The molecule has 0 spiro atoms. The summed E-state index contributed by atoms with van der Waals surface area (Å²) in [4.78, 5) is 38.8. The van der Waals surface area contributed by atoms with E-state index in [1.165, 1.54) is 12.1 Å². The van der Waals surface area contributed by atoms with Crippen molar-refractivity contribution in [2.24, 2.45) is 0 Å². The highest BCUT2D eigenvalue weighted by molar-refractivity contribution is 6.03.